The van der Waals surface area contributed by atoms with Crippen LogP contribution in [0, 0.1) is 0 Å². The quantitative estimate of drug-likeness (QED) is 0.579. The first kappa shape index (κ1) is 7.92. The third-order valence-electron chi connectivity index (χ3n) is 3.09. The number of hydrogen-bond acceptors (Lipinski definition) is 2. The molecule has 0 fully saturated rings. The Hall–Kier alpha value is -1.44. The predicted molar refractivity (Wildman–Crippen MR) is 55.0 cm³/mol. The fourth-order valence-electron chi connectivity index (χ4n) is 2.56. The number of hydrogen-bond donors (Lipinski definition) is 0. The van der Waals surface area contributed by atoms with Crippen molar-refractivity contribution in [2.75, 3.05) is 0 Å². The van der Waals surface area contributed by atoms with Crippen LogP contribution in [0.3, 0.4) is 0 Å². The Morgan fingerprint density at radius 3 is 1.93 bits per heavy atom. The molecule has 3 rings (SSSR count). The molecule has 1 aromatic heterocycles. The lowest BCUT2D eigenvalue weighted by Crippen LogP contribution is -1.98. The lowest BCUT2D eigenvalue weighted by Gasteiger charge is -2.05. The Bertz CT molecular complexity index is 418. The van der Waals surface area contributed by atoms with E-state index in [2.05, 4.69) is 36.0 Å². The lowest BCUT2D eigenvalue weighted by atomic mass is 9.98. The Kier molecular flexibility index (Phi) is 1.43. The first-order chi connectivity index (χ1) is 6.79. The molecule has 0 N–H and O–H groups in total. The van der Waals surface area contributed by atoms with Crippen molar-refractivity contribution >= 4 is 0 Å². The molecule has 0 saturated carbocycles. The molecule has 0 aromatic carbocycles. The summed E-state index contributed by atoms with van der Waals surface area (Å²) in [6.07, 6.45) is 8.08. The number of rotatable bonds is 0. The summed E-state index contributed by atoms with van der Waals surface area (Å²) in [5.41, 5.74) is 5.23. The maximum Gasteiger partial charge on any atom is 0.0737 e. The third kappa shape index (κ3) is 0.808. The average Bonchev–Trinajstić information content (AvgIpc) is 2.73. The topological polar surface area (TPSA) is 25.8 Å². The van der Waals surface area contributed by atoms with Gasteiger partial charge < -0.3 is 0 Å². The molecule has 0 saturated heterocycles. The molecular formula is C12H12N2. The second kappa shape index (κ2) is 2.53. The van der Waals surface area contributed by atoms with E-state index in [1.54, 1.807) is 12.4 Å². The summed E-state index contributed by atoms with van der Waals surface area (Å²) in [7, 11) is 0. The molecule has 0 spiro atoms. The van der Waals surface area contributed by atoms with Crippen LogP contribution in [0.5, 0.6) is 0 Å². The van der Waals surface area contributed by atoms with Crippen molar-refractivity contribution < 1.29 is 0 Å². The van der Waals surface area contributed by atoms with Gasteiger partial charge in [0.15, 0.2) is 0 Å². The van der Waals surface area contributed by atoms with Gasteiger partial charge in [0, 0.05) is 24.2 Å². The van der Waals surface area contributed by atoms with Gasteiger partial charge in [0.05, 0.1) is 11.4 Å². The third-order valence-corrected chi connectivity index (χ3v) is 3.09. The minimum atomic E-state index is 0.411. The van der Waals surface area contributed by atoms with Crippen LogP contribution in [-0.4, -0.2) is 9.97 Å². The molecule has 0 aliphatic heterocycles. The highest BCUT2D eigenvalue weighted by Gasteiger charge is 2.40. The van der Waals surface area contributed by atoms with Crippen LogP contribution >= 0.6 is 0 Å². The van der Waals surface area contributed by atoms with E-state index in [1.807, 2.05) is 0 Å². The van der Waals surface area contributed by atoms with Crippen molar-refractivity contribution in [3.05, 3.63) is 47.1 Å². The first-order valence-corrected chi connectivity index (χ1v) is 4.95. The molecule has 1 aromatic rings. The minimum Gasteiger partial charge on any atom is -0.257 e. The molecule has 14 heavy (non-hydrogen) atoms. The van der Waals surface area contributed by atoms with Crippen molar-refractivity contribution in [2.45, 2.75) is 25.7 Å². The van der Waals surface area contributed by atoms with Crippen LogP contribution in [0.4, 0.5) is 0 Å². The highest BCUT2D eigenvalue weighted by Crippen LogP contribution is 2.51. The summed E-state index contributed by atoms with van der Waals surface area (Å²) in [5, 5.41) is 0. The summed E-state index contributed by atoms with van der Waals surface area (Å²) in [6, 6.07) is 0. The summed E-state index contributed by atoms with van der Waals surface area (Å²) in [5.74, 6) is 0.822. The SMILES string of the molecule is CC(C)=C1C2C=CC1c1nccnc12. The van der Waals surface area contributed by atoms with Crippen LogP contribution in [-0.2, 0) is 0 Å². The van der Waals surface area contributed by atoms with E-state index in [-0.39, 0.29) is 0 Å². The summed E-state index contributed by atoms with van der Waals surface area (Å²) in [6.45, 7) is 4.35. The van der Waals surface area contributed by atoms with Gasteiger partial charge in [-0.2, -0.15) is 0 Å². The average molecular weight is 184 g/mol. The second-order valence-electron chi connectivity index (χ2n) is 4.12. The second-order valence-corrected chi connectivity index (χ2v) is 4.12. The smallest absolute Gasteiger partial charge is 0.0737 e. The maximum atomic E-state index is 4.43. The van der Waals surface area contributed by atoms with Gasteiger partial charge in [-0.05, 0) is 19.4 Å². The van der Waals surface area contributed by atoms with Crippen LogP contribution in [0.2, 0.25) is 0 Å². The van der Waals surface area contributed by atoms with Crippen molar-refractivity contribution in [2.24, 2.45) is 0 Å². The van der Waals surface area contributed by atoms with Crippen LogP contribution in [0.25, 0.3) is 0 Å². The first-order valence-electron chi connectivity index (χ1n) is 4.95. The fraction of sp³-hybridized carbons (Fsp3) is 0.333. The maximum absolute atomic E-state index is 4.43. The summed E-state index contributed by atoms with van der Waals surface area (Å²) in [4.78, 5) is 8.85. The van der Waals surface area contributed by atoms with E-state index in [1.165, 1.54) is 11.1 Å². The van der Waals surface area contributed by atoms with Crippen molar-refractivity contribution in [1.29, 1.82) is 0 Å². The van der Waals surface area contributed by atoms with Crippen molar-refractivity contribution in [1.82, 2.24) is 9.97 Å². The van der Waals surface area contributed by atoms with Gasteiger partial charge >= 0.3 is 0 Å². The summed E-state index contributed by atoms with van der Waals surface area (Å²) < 4.78 is 0. The largest absolute Gasteiger partial charge is 0.257 e. The van der Waals surface area contributed by atoms with Gasteiger partial charge in [0.25, 0.3) is 0 Å². The van der Waals surface area contributed by atoms with Gasteiger partial charge in [0.1, 0.15) is 0 Å². The van der Waals surface area contributed by atoms with Gasteiger partial charge in [-0.25, -0.2) is 0 Å². The van der Waals surface area contributed by atoms with Crippen LogP contribution in [0.1, 0.15) is 37.1 Å². The molecule has 2 bridgehead atoms. The van der Waals surface area contributed by atoms with Gasteiger partial charge in [-0.1, -0.05) is 17.7 Å². The monoisotopic (exact) mass is 184 g/mol. The molecule has 1 heterocycles. The van der Waals surface area contributed by atoms with E-state index in [0.29, 0.717) is 11.8 Å². The molecular weight excluding hydrogens is 172 g/mol. The highest BCUT2D eigenvalue weighted by atomic mass is 14.8. The Morgan fingerprint density at radius 1 is 1.00 bits per heavy atom. The Morgan fingerprint density at radius 2 is 1.50 bits per heavy atom. The van der Waals surface area contributed by atoms with Gasteiger partial charge in [0.2, 0.25) is 0 Å². The number of allylic oxidation sites excluding steroid dienone is 4. The molecule has 2 heteroatoms. The normalized spacial score (nSPS) is 26.9. The minimum absolute atomic E-state index is 0.411. The Labute approximate surface area is 83.4 Å². The zero-order chi connectivity index (χ0) is 9.71. The van der Waals surface area contributed by atoms with E-state index in [9.17, 15) is 0 Å². The molecule has 70 valence electrons. The summed E-state index contributed by atoms with van der Waals surface area (Å²) >= 11 is 0. The van der Waals surface area contributed by atoms with E-state index in [0.717, 1.165) is 11.4 Å². The molecule has 0 radical (unpaired) electrons. The highest BCUT2D eigenvalue weighted by molar-refractivity contribution is 5.55. The van der Waals surface area contributed by atoms with Crippen molar-refractivity contribution in [3.63, 3.8) is 0 Å². The number of aromatic nitrogens is 2. The zero-order valence-corrected chi connectivity index (χ0v) is 8.36. The van der Waals surface area contributed by atoms with E-state index < -0.39 is 0 Å². The van der Waals surface area contributed by atoms with E-state index in [4.69, 9.17) is 0 Å². The zero-order valence-electron chi connectivity index (χ0n) is 8.36. The molecule has 2 aliphatic rings. The van der Waals surface area contributed by atoms with Gasteiger partial charge in [-0.15, -0.1) is 0 Å². The van der Waals surface area contributed by atoms with Crippen LogP contribution in [0.15, 0.2) is 35.7 Å². The van der Waals surface area contributed by atoms with Crippen LogP contribution < -0.4 is 0 Å². The molecule has 0 amide bonds. The molecule has 2 unspecified atom stereocenters. The number of nitrogens with zero attached hydrogens (tertiary/aromatic N) is 2. The predicted octanol–water partition coefficient (Wildman–Crippen LogP) is 2.56. The molecule has 2 atom stereocenters. The van der Waals surface area contributed by atoms with Crippen molar-refractivity contribution in [3.8, 4) is 0 Å². The fourth-order valence-corrected chi connectivity index (χ4v) is 2.56. The van der Waals surface area contributed by atoms with E-state index >= 15 is 0 Å². The number of fused-ring (bicyclic) bond motifs is 5. The lowest BCUT2D eigenvalue weighted by molar-refractivity contribution is 0.959. The molecule has 2 nitrogen and oxygen atoms in total. The standard InChI is InChI=1S/C12H12N2/c1-7(2)10-8-3-4-9(10)12-11(8)13-5-6-14-12/h3-6,8-9H,1-2H3. The molecule has 2 aliphatic carbocycles. The van der Waals surface area contributed by atoms with Gasteiger partial charge in [-0.3, -0.25) is 9.97 Å². The Balaban J connectivity index is 2.26.